The lowest BCUT2D eigenvalue weighted by Gasteiger charge is -2.21. The fraction of sp³-hybridized carbons (Fsp3) is 0.750. The number of amidine groups is 1. The molecule has 0 radical (unpaired) electrons. The third kappa shape index (κ3) is 5.95. The summed E-state index contributed by atoms with van der Waals surface area (Å²) < 4.78 is 4.96. The number of rotatable bonds is 2. The lowest BCUT2D eigenvalue weighted by molar-refractivity contribution is 0.0521. The minimum Gasteiger partial charge on any atom is -0.444 e. The van der Waals surface area contributed by atoms with E-state index in [0.29, 0.717) is 0 Å². The van der Waals surface area contributed by atoms with Gasteiger partial charge < -0.3 is 15.8 Å². The van der Waals surface area contributed by atoms with Crippen LogP contribution in [0.25, 0.3) is 0 Å². The second-order valence-electron chi connectivity index (χ2n) is 3.82. The number of hydrogen-bond donors (Lipinski definition) is 3. The van der Waals surface area contributed by atoms with Gasteiger partial charge in [0, 0.05) is 0 Å². The van der Waals surface area contributed by atoms with Crippen LogP contribution in [0.3, 0.4) is 0 Å². The fourth-order valence-corrected chi connectivity index (χ4v) is 0.562. The van der Waals surface area contributed by atoms with Crippen LogP contribution in [0, 0.1) is 5.41 Å². The minimum absolute atomic E-state index is 0.0918. The Morgan fingerprint density at radius 2 is 2.00 bits per heavy atom. The zero-order valence-corrected chi connectivity index (χ0v) is 8.47. The summed E-state index contributed by atoms with van der Waals surface area (Å²) in [5, 5.41) is 9.46. The van der Waals surface area contributed by atoms with Gasteiger partial charge in [-0.15, -0.1) is 0 Å². The van der Waals surface area contributed by atoms with Crippen LogP contribution in [0.15, 0.2) is 0 Å². The molecule has 4 N–H and O–H groups in total. The molecule has 0 rings (SSSR count). The highest BCUT2D eigenvalue weighted by molar-refractivity contribution is 5.85. The Balaban J connectivity index is 3.96. The Bertz CT molecular complexity index is 208. The maximum Gasteiger partial charge on any atom is 0.408 e. The Morgan fingerprint density at radius 3 is 2.31 bits per heavy atom. The first-order valence-electron chi connectivity index (χ1n) is 4.06. The van der Waals surface area contributed by atoms with Gasteiger partial charge in [-0.2, -0.15) is 0 Å². The maximum absolute atomic E-state index is 11.1. The molecular weight excluding hydrogens is 170 g/mol. The summed E-state index contributed by atoms with van der Waals surface area (Å²) in [4.78, 5) is 11.1. The number of alkyl carbamates (subject to hydrolysis) is 1. The van der Waals surface area contributed by atoms with Crippen molar-refractivity contribution in [2.45, 2.75) is 39.3 Å². The van der Waals surface area contributed by atoms with Gasteiger partial charge in [0.1, 0.15) is 11.4 Å². The normalized spacial score (nSPS) is 13.2. The van der Waals surface area contributed by atoms with E-state index in [0.717, 1.165) is 0 Å². The van der Waals surface area contributed by atoms with Gasteiger partial charge in [0.15, 0.2) is 0 Å². The zero-order valence-electron chi connectivity index (χ0n) is 8.47. The highest BCUT2D eigenvalue weighted by atomic mass is 16.6. The van der Waals surface area contributed by atoms with E-state index >= 15 is 0 Å². The van der Waals surface area contributed by atoms with E-state index < -0.39 is 17.7 Å². The fourth-order valence-electron chi connectivity index (χ4n) is 0.562. The molecule has 13 heavy (non-hydrogen) atoms. The topological polar surface area (TPSA) is 88.2 Å². The van der Waals surface area contributed by atoms with Crippen LogP contribution in [0.5, 0.6) is 0 Å². The molecule has 1 atom stereocenters. The molecule has 1 unspecified atom stereocenters. The molecule has 0 saturated carbocycles. The molecule has 0 aliphatic rings. The van der Waals surface area contributed by atoms with Crippen molar-refractivity contribution in [3.05, 3.63) is 0 Å². The van der Waals surface area contributed by atoms with E-state index in [1.54, 1.807) is 27.7 Å². The Hall–Kier alpha value is -1.26. The van der Waals surface area contributed by atoms with E-state index in [1.165, 1.54) is 0 Å². The van der Waals surface area contributed by atoms with E-state index in [2.05, 4.69) is 5.32 Å². The van der Waals surface area contributed by atoms with Gasteiger partial charge in [-0.3, -0.25) is 5.41 Å². The molecular formula is C8H17N3O2. The Kier molecular flexibility index (Phi) is 3.71. The molecule has 0 aromatic heterocycles. The van der Waals surface area contributed by atoms with Crippen LogP contribution in [-0.4, -0.2) is 23.6 Å². The van der Waals surface area contributed by atoms with Crippen molar-refractivity contribution in [2.24, 2.45) is 5.73 Å². The summed E-state index contributed by atoms with van der Waals surface area (Å²) in [6.45, 7) is 6.92. The monoisotopic (exact) mass is 187 g/mol. The lowest BCUT2D eigenvalue weighted by Crippen LogP contribution is -2.44. The third-order valence-corrected chi connectivity index (χ3v) is 1.20. The van der Waals surface area contributed by atoms with E-state index in [4.69, 9.17) is 15.9 Å². The Labute approximate surface area is 78.1 Å². The standard InChI is InChI=1S/C8H17N3O2/c1-5(6(9)10)11-7(12)13-8(2,3)4/h5H,1-4H3,(H3,9,10)(H,11,12). The first-order chi connectivity index (χ1) is 5.72. The molecule has 0 aliphatic heterocycles. The maximum atomic E-state index is 11.1. The van der Waals surface area contributed by atoms with Gasteiger partial charge in [-0.05, 0) is 27.7 Å². The van der Waals surface area contributed by atoms with Gasteiger partial charge in [-0.25, -0.2) is 4.79 Å². The Morgan fingerprint density at radius 1 is 1.54 bits per heavy atom. The number of nitrogens with one attached hydrogen (secondary N) is 2. The van der Waals surface area contributed by atoms with Crippen molar-refractivity contribution >= 4 is 11.9 Å². The smallest absolute Gasteiger partial charge is 0.408 e. The minimum atomic E-state index is -0.560. The van der Waals surface area contributed by atoms with E-state index in [1.807, 2.05) is 0 Å². The van der Waals surface area contributed by atoms with Crippen LogP contribution in [0.2, 0.25) is 0 Å². The van der Waals surface area contributed by atoms with Crippen molar-refractivity contribution in [2.75, 3.05) is 0 Å². The van der Waals surface area contributed by atoms with Crippen molar-refractivity contribution < 1.29 is 9.53 Å². The van der Waals surface area contributed by atoms with Crippen molar-refractivity contribution in [3.63, 3.8) is 0 Å². The van der Waals surface area contributed by atoms with Crippen molar-refractivity contribution in [1.82, 2.24) is 5.32 Å². The second-order valence-corrected chi connectivity index (χ2v) is 3.82. The van der Waals surface area contributed by atoms with Gasteiger partial charge in [0.2, 0.25) is 0 Å². The summed E-state index contributed by atoms with van der Waals surface area (Å²) >= 11 is 0. The summed E-state index contributed by atoms with van der Waals surface area (Å²) in [6.07, 6.45) is -0.560. The second kappa shape index (κ2) is 4.11. The highest BCUT2D eigenvalue weighted by Gasteiger charge is 2.18. The molecule has 5 nitrogen and oxygen atoms in total. The third-order valence-electron chi connectivity index (χ3n) is 1.20. The van der Waals surface area contributed by atoms with Gasteiger partial charge in [-0.1, -0.05) is 0 Å². The summed E-state index contributed by atoms with van der Waals surface area (Å²) in [5.41, 5.74) is 4.63. The van der Waals surface area contributed by atoms with Crippen LogP contribution in [0.4, 0.5) is 4.79 Å². The molecule has 1 amide bonds. The molecule has 0 spiro atoms. The molecule has 5 heteroatoms. The SMILES string of the molecule is CC(NC(=O)OC(C)(C)C)C(=N)N. The average molecular weight is 187 g/mol. The predicted molar refractivity (Wildman–Crippen MR) is 50.7 cm³/mol. The largest absolute Gasteiger partial charge is 0.444 e. The predicted octanol–water partition coefficient (Wildman–Crippen LogP) is 0.836. The highest BCUT2D eigenvalue weighted by Crippen LogP contribution is 2.06. The summed E-state index contributed by atoms with van der Waals surface area (Å²) in [6, 6.07) is -0.491. The summed E-state index contributed by atoms with van der Waals surface area (Å²) in [7, 11) is 0. The number of carbonyl (C=O) groups is 1. The molecule has 0 bridgehead atoms. The number of nitrogens with two attached hydrogens (primary N) is 1. The zero-order chi connectivity index (χ0) is 10.6. The van der Waals surface area contributed by atoms with Crippen LogP contribution >= 0.6 is 0 Å². The van der Waals surface area contributed by atoms with E-state index in [-0.39, 0.29) is 5.84 Å². The number of ether oxygens (including phenoxy) is 1. The average Bonchev–Trinajstić information content (AvgIpc) is 1.81. The van der Waals surface area contributed by atoms with Gasteiger partial charge in [0.05, 0.1) is 6.04 Å². The lowest BCUT2D eigenvalue weighted by atomic mass is 10.2. The number of hydrogen-bond acceptors (Lipinski definition) is 3. The molecule has 0 aromatic carbocycles. The van der Waals surface area contributed by atoms with Gasteiger partial charge >= 0.3 is 6.09 Å². The van der Waals surface area contributed by atoms with E-state index in [9.17, 15) is 4.79 Å². The molecule has 0 aromatic rings. The summed E-state index contributed by atoms with van der Waals surface area (Å²) in [5.74, 6) is -0.0918. The first-order valence-corrected chi connectivity index (χ1v) is 4.06. The molecule has 0 saturated heterocycles. The van der Waals surface area contributed by atoms with Crippen molar-refractivity contribution in [3.8, 4) is 0 Å². The molecule has 0 aliphatic carbocycles. The van der Waals surface area contributed by atoms with Crippen molar-refractivity contribution in [1.29, 1.82) is 5.41 Å². The number of carbonyl (C=O) groups excluding carboxylic acids is 1. The molecule has 76 valence electrons. The quantitative estimate of drug-likeness (QED) is 0.442. The van der Waals surface area contributed by atoms with Crippen LogP contribution in [-0.2, 0) is 4.74 Å². The first kappa shape index (κ1) is 11.7. The van der Waals surface area contributed by atoms with Gasteiger partial charge in [0.25, 0.3) is 0 Å². The van der Waals surface area contributed by atoms with Crippen LogP contribution in [0.1, 0.15) is 27.7 Å². The molecule has 0 fully saturated rings. The van der Waals surface area contributed by atoms with Crippen LogP contribution < -0.4 is 11.1 Å². The molecule has 0 heterocycles. The number of amides is 1.